The highest BCUT2D eigenvalue weighted by Crippen LogP contribution is 2.17. The molecule has 1 aliphatic heterocycles. The van der Waals surface area contributed by atoms with Gasteiger partial charge < -0.3 is 10.6 Å². The Morgan fingerprint density at radius 1 is 1.04 bits per heavy atom. The van der Waals surface area contributed by atoms with Crippen molar-refractivity contribution in [2.24, 2.45) is 5.92 Å². The van der Waals surface area contributed by atoms with E-state index in [-0.39, 0.29) is 17.7 Å². The summed E-state index contributed by atoms with van der Waals surface area (Å²) >= 11 is 0. The van der Waals surface area contributed by atoms with Crippen LogP contribution in [-0.2, 0) is 16.0 Å². The third kappa shape index (κ3) is 7.56. The molecule has 1 aromatic rings. The van der Waals surface area contributed by atoms with Crippen LogP contribution in [0.2, 0.25) is 0 Å². The zero-order valence-corrected chi connectivity index (χ0v) is 16.0. The van der Waals surface area contributed by atoms with Crippen LogP contribution < -0.4 is 10.6 Å². The second kappa shape index (κ2) is 11.7. The highest BCUT2D eigenvalue weighted by atomic mass is 16.2. The molecule has 1 aliphatic rings. The van der Waals surface area contributed by atoms with Crippen LogP contribution in [0.4, 0.5) is 0 Å². The molecular weight excluding hydrogens is 326 g/mol. The standard InChI is InChI=1S/C21H33N3O2/c1-2-3-7-13-23-21(26)19-11-15-24(16-12-19)17-20(25)22-14-10-18-8-5-4-6-9-18/h4-6,8-9,19H,2-3,7,10-17H2,1H3,(H,22,25)(H,23,26). The van der Waals surface area contributed by atoms with E-state index in [4.69, 9.17) is 0 Å². The Labute approximate surface area is 157 Å². The molecule has 0 bridgehead atoms. The van der Waals surface area contributed by atoms with Gasteiger partial charge in [-0.05, 0) is 44.3 Å². The van der Waals surface area contributed by atoms with Crippen molar-refractivity contribution in [3.63, 3.8) is 0 Å². The number of likely N-dealkylation sites (tertiary alicyclic amines) is 1. The van der Waals surface area contributed by atoms with Crippen LogP contribution in [0.25, 0.3) is 0 Å². The first-order chi connectivity index (χ1) is 12.7. The van der Waals surface area contributed by atoms with Gasteiger partial charge in [-0.25, -0.2) is 0 Å². The van der Waals surface area contributed by atoms with Gasteiger partial charge in [0.15, 0.2) is 0 Å². The summed E-state index contributed by atoms with van der Waals surface area (Å²) in [7, 11) is 0. The van der Waals surface area contributed by atoms with Crippen molar-refractivity contribution >= 4 is 11.8 Å². The second-order valence-corrected chi connectivity index (χ2v) is 7.13. The fourth-order valence-electron chi connectivity index (χ4n) is 3.33. The summed E-state index contributed by atoms with van der Waals surface area (Å²) in [6.07, 6.45) is 5.94. The lowest BCUT2D eigenvalue weighted by Crippen LogP contribution is -2.44. The summed E-state index contributed by atoms with van der Waals surface area (Å²) in [5.41, 5.74) is 1.23. The smallest absolute Gasteiger partial charge is 0.234 e. The number of hydrogen-bond acceptors (Lipinski definition) is 3. The SMILES string of the molecule is CCCCCNC(=O)C1CCN(CC(=O)NCCc2ccccc2)CC1. The van der Waals surface area contributed by atoms with Crippen molar-refractivity contribution in [3.05, 3.63) is 35.9 Å². The Morgan fingerprint density at radius 2 is 1.77 bits per heavy atom. The monoisotopic (exact) mass is 359 g/mol. The number of benzene rings is 1. The fourth-order valence-corrected chi connectivity index (χ4v) is 3.33. The summed E-state index contributed by atoms with van der Waals surface area (Å²) in [6.45, 7) is 5.68. The Bertz CT molecular complexity index is 539. The Kier molecular flexibility index (Phi) is 9.18. The van der Waals surface area contributed by atoms with Crippen molar-refractivity contribution in [2.75, 3.05) is 32.7 Å². The molecule has 0 unspecified atom stereocenters. The molecule has 26 heavy (non-hydrogen) atoms. The van der Waals surface area contributed by atoms with Crippen molar-refractivity contribution in [1.82, 2.24) is 15.5 Å². The summed E-state index contributed by atoms with van der Waals surface area (Å²) in [5, 5.41) is 6.04. The van der Waals surface area contributed by atoms with E-state index in [1.165, 1.54) is 12.0 Å². The first-order valence-electron chi connectivity index (χ1n) is 9.99. The van der Waals surface area contributed by atoms with E-state index < -0.39 is 0 Å². The number of carbonyl (C=O) groups excluding carboxylic acids is 2. The van der Waals surface area contributed by atoms with E-state index in [9.17, 15) is 9.59 Å². The summed E-state index contributed by atoms with van der Waals surface area (Å²) in [6, 6.07) is 10.2. The minimum absolute atomic E-state index is 0.0726. The van der Waals surface area contributed by atoms with E-state index in [0.29, 0.717) is 13.1 Å². The molecule has 1 fully saturated rings. The molecule has 0 spiro atoms. The normalized spacial score (nSPS) is 15.6. The van der Waals surface area contributed by atoms with Gasteiger partial charge in [-0.1, -0.05) is 50.1 Å². The van der Waals surface area contributed by atoms with E-state index in [1.54, 1.807) is 0 Å². The Morgan fingerprint density at radius 3 is 2.46 bits per heavy atom. The van der Waals surface area contributed by atoms with Gasteiger partial charge in [0.2, 0.25) is 11.8 Å². The number of nitrogens with zero attached hydrogens (tertiary/aromatic N) is 1. The van der Waals surface area contributed by atoms with Gasteiger partial charge in [-0.3, -0.25) is 14.5 Å². The molecule has 1 saturated heterocycles. The van der Waals surface area contributed by atoms with E-state index in [1.807, 2.05) is 18.2 Å². The molecule has 144 valence electrons. The number of hydrogen-bond donors (Lipinski definition) is 2. The molecule has 0 aromatic heterocycles. The van der Waals surface area contributed by atoms with Gasteiger partial charge in [0.25, 0.3) is 0 Å². The average Bonchev–Trinajstić information content (AvgIpc) is 2.66. The van der Waals surface area contributed by atoms with Gasteiger partial charge >= 0.3 is 0 Å². The molecule has 1 aromatic carbocycles. The Balaban J connectivity index is 1.57. The van der Waals surface area contributed by atoms with Gasteiger partial charge in [-0.2, -0.15) is 0 Å². The Hall–Kier alpha value is -1.88. The van der Waals surface area contributed by atoms with Crippen LogP contribution in [0.5, 0.6) is 0 Å². The lowest BCUT2D eigenvalue weighted by atomic mass is 9.96. The number of amides is 2. The maximum absolute atomic E-state index is 12.2. The van der Waals surface area contributed by atoms with E-state index in [0.717, 1.165) is 51.7 Å². The minimum atomic E-state index is 0.0726. The first kappa shape index (κ1) is 20.4. The fraction of sp³-hybridized carbons (Fsp3) is 0.619. The zero-order chi connectivity index (χ0) is 18.6. The summed E-state index contributed by atoms with van der Waals surface area (Å²) < 4.78 is 0. The molecule has 0 atom stereocenters. The van der Waals surface area contributed by atoms with Gasteiger partial charge in [0, 0.05) is 19.0 Å². The second-order valence-electron chi connectivity index (χ2n) is 7.13. The van der Waals surface area contributed by atoms with E-state index >= 15 is 0 Å². The van der Waals surface area contributed by atoms with E-state index in [2.05, 4.69) is 34.6 Å². The topological polar surface area (TPSA) is 61.4 Å². The summed E-state index contributed by atoms with van der Waals surface area (Å²) in [5.74, 6) is 0.366. The van der Waals surface area contributed by atoms with Crippen LogP contribution in [-0.4, -0.2) is 49.4 Å². The summed E-state index contributed by atoms with van der Waals surface area (Å²) in [4.78, 5) is 26.4. The average molecular weight is 360 g/mol. The molecule has 2 amide bonds. The van der Waals surface area contributed by atoms with Gasteiger partial charge in [-0.15, -0.1) is 0 Å². The van der Waals surface area contributed by atoms with Crippen LogP contribution >= 0.6 is 0 Å². The van der Waals surface area contributed by atoms with Crippen molar-refractivity contribution in [3.8, 4) is 0 Å². The number of piperidine rings is 1. The quantitative estimate of drug-likeness (QED) is 0.631. The molecule has 5 nitrogen and oxygen atoms in total. The first-order valence-corrected chi connectivity index (χ1v) is 9.99. The predicted octanol–water partition coefficient (Wildman–Crippen LogP) is 2.36. The molecule has 2 N–H and O–H groups in total. The van der Waals surface area contributed by atoms with Crippen LogP contribution in [0.15, 0.2) is 30.3 Å². The molecule has 1 heterocycles. The van der Waals surface area contributed by atoms with Crippen molar-refractivity contribution in [1.29, 1.82) is 0 Å². The van der Waals surface area contributed by atoms with Crippen molar-refractivity contribution in [2.45, 2.75) is 45.4 Å². The lowest BCUT2D eigenvalue weighted by molar-refractivity contribution is -0.126. The van der Waals surface area contributed by atoms with Crippen LogP contribution in [0, 0.1) is 5.92 Å². The largest absolute Gasteiger partial charge is 0.356 e. The lowest BCUT2D eigenvalue weighted by Gasteiger charge is -2.30. The highest BCUT2D eigenvalue weighted by Gasteiger charge is 2.25. The van der Waals surface area contributed by atoms with Crippen LogP contribution in [0.1, 0.15) is 44.6 Å². The maximum atomic E-state index is 12.2. The molecule has 5 heteroatoms. The number of nitrogens with one attached hydrogen (secondary N) is 2. The third-order valence-electron chi connectivity index (χ3n) is 4.98. The van der Waals surface area contributed by atoms with Crippen LogP contribution in [0.3, 0.4) is 0 Å². The van der Waals surface area contributed by atoms with Gasteiger partial charge in [0.1, 0.15) is 0 Å². The molecule has 0 aliphatic carbocycles. The molecule has 2 rings (SSSR count). The number of unbranched alkanes of at least 4 members (excludes halogenated alkanes) is 2. The number of rotatable bonds is 10. The predicted molar refractivity (Wildman–Crippen MR) is 105 cm³/mol. The van der Waals surface area contributed by atoms with Gasteiger partial charge in [0.05, 0.1) is 6.54 Å². The molecule has 0 saturated carbocycles. The molecular formula is C21H33N3O2. The minimum Gasteiger partial charge on any atom is -0.356 e. The maximum Gasteiger partial charge on any atom is 0.234 e. The zero-order valence-electron chi connectivity index (χ0n) is 16.0. The highest BCUT2D eigenvalue weighted by molar-refractivity contribution is 5.79. The number of carbonyl (C=O) groups is 2. The molecule has 0 radical (unpaired) electrons. The third-order valence-corrected chi connectivity index (χ3v) is 4.98. The van der Waals surface area contributed by atoms with Crippen molar-refractivity contribution < 1.29 is 9.59 Å².